The van der Waals surface area contributed by atoms with Crippen LogP contribution >= 0.6 is 11.6 Å². The first-order valence-electron chi connectivity index (χ1n) is 12.8. The molecule has 1 N–H and O–H groups in total. The molecule has 0 spiro atoms. The molecule has 0 aliphatic carbocycles. The summed E-state index contributed by atoms with van der Waals surface area (Å²) in [5, 5.41) is 3.80. The fraction of sp³-hybridized carbons (Fsp3) is 0.333. The largest absolute Gasteiger partial charge is 0.385 e. The van der Waals surface area contributed by atoms with Crippen molar-refractivity contribution in [1.82, 2.24) is 4.90 Å². The van der Waals surface area contributed by atoms with Crippen LogP contribution in [0.25, 0.3) is 0 Å². The average Bonchev–Trinajstić information content (AvgIpc) is 2.91. The number of piperazine rings is 1. The zero-order valence-corrected chi connectivity index (χ0v) is 22.4. The summed E-state index contributed by atoms with van der Waals surface area (Å²) in [7, 11) is 2.10. The zero-order valence-electron chi connectivity index (χ0n) is 21.6. The van der Waals surface area contributed by atoms with Crippen molar-refractivity contribution in [3.05, 3.63) is 88.4 Å². The number of likely N-dealkylation sites (N-methyl/N-ethyl adjacent to an activating group) is 1. The molecule has 1 fully saturated rings. The van der Waals surface area contributed by atoms with Crippen molar-refractivity contribution in [2.24, 2.45) is 0 Å². The van der Waals surface area contributed by atoms with E-state index >= 15 is 0 Å². The van der Waals surface area contributed by atoms with Gasteiger partial charge >= 0.3 is 0 Å². The Morgan fingerprint density at radius 1 is 0.919 bits per heavy atom. The Bertz CT molecular complexity index is 1300. The monoisotopic (exact) mass is 516 g/mol. The topological polar surface area (TPSA) is 55.9 Å². The predicted molar refractivity (Wildman–Crippen MR) is 151 cm³/mol. The van der Waals surface area contributed by atoms with Crippen LogP contribution in [-0.4, -0.2) is 56.4 Å². The lowest BCUT2D eigenvalue weighted by Crippen LogP contribution is -2.55. The molecule has 5 rings (SSSR count). The second-order valence-electron chi connectivity index (χ2n) is 10.0. The minimum atomic E-state index is -1.36. The molecule has 2 heterocycles. The lowest BCUT2D eigenvalue weighted by molar-refractivity contribution is -0.122. The van der Waals surface area contributed by atoms with Gasteiger partial charge in [-0.2, -0.15) is 0 Å². The minimum Gasteiger partial charge on any atom is -0.385 e. The number of nitrogens with zero attached hydrogens (tertiary/aromatic N) is 3. The molecule has 37 heavy (non-hydrogen) atoms. The first-order valence-corrected chi connectivity index (χ1v) is 13.2. The highest BCUT2D eigenvalue weighted by molar-refractivity contribution is 6.34. The number of carbonyl (C=O) groups is 2. The van der Waals surface area contributed by atoms with Crippen molar-refractivity contribution in [2.45, 2.75) is 25.8 Å². The second-order valence-corrected chi connectivity index (χ2v) is 10.5. The number of ketones is 1. The molecule has 0 radical (unpaired) electrons. The van der Waals surface area contributed by atoms with Crippen molar-refractivity contribution in [1.29, 1.82) is 0 Å². The zero-order chi connectivity index (χ0) is 26.2. The van der Waals surface area contributed by atoms with Crippen molar-refractivity contribution in [2.75, 3.05) is 54.9 Å². The average molecular weight is 517 g/mol. The van der Waals surface area contributed by atoms with Crippen LogP contribution < -0.4 is 15.1 Å². The summed E-state index contributed by atoms with van der Waals surface area (Å²) in [6.07, 6.45) is 0. The number of hydrogen-bond acceptors (Lipinski definition) is 5. The maximum absolute atomic E-state index is 14.5. The van der Waals surface area contributed by atoms with Gasteiger partial charge in [0.05, 0.1) is 23.5 Å². The van der Waals surface area contributed by atoms with Crippen LogP contribution in [0.1, 0.15) is 35.3 Å². The molecule has 1 amide bonds. The lowest BCUT2D eigenvalue weighted by Gasteiger charge is -2.43. The Morgan fingerprint density at radius 3 is 2.22 bits per heavy atom. The molecule has 3 aromatic rings. The van der Waals surface area contributed by atoms with Gasteiger partial charge in [0, 0.05) is 43.4 Å². The fourth-order valence-corrected chi connectivity index (χ4v) is 5.56. The SMILES string of the molecule is CCNc1ccc(C2(C)C(=O)c3c(N4CCN(C)CC4)cc(Cl)cc3N(Cc3ccccc3)C2=O)cc1. The molecule has 3 aromatic carbocycles. The van der Waals surface area contributed by atoms with Gasteiger partial charge in [-0.3, -0.25) is 9.59 Å². The summed E-state index contributed by atoms with van der Waals surface area (Å²) < 4.78 is 0. The molecule has 6 nitrogen and oxygen atoms in total. The third-order valence-electron chi connectivity index (χ3n) is 7.58. The van der Waals surface area contributed by atoms with Crippen LogP contribution in [0.15, 0.2) is 66.7 Å². The number of benzene rings is 3. The molecule has 7 heteroatoms. The van der Waals surface area contributed by atoms with E-state index in [1.807, 2.05) is 67.6 Å². The summed E-state index contributed by atoms with van der Waals surface area (Å²) in [6, 6.07) is 21.2. The van der Waals surface area contributed by atoms with E-state index in [9.17, 15) is 9.59 Å². The molecule has 1 atom stereocenters. The van der Waals surface area contributed by atoms with Crippen LogP contribution in [-0.2, 0) is 16.8 Å². The van der Waals surface area contributed by atoms with E-state index in [2.05, 4.69) is 22.2 Å². The van der Waals surface area contributed by atoms with Gasteiger partial charge in [-0.25, -0.2) is 0 Å². The predicted octanol–water partition coefficient (Wildman–Crippen LogP) is 5.21. The van der Waals surface area contributed by atoms with Crippen LogP contribution in [0.2, 0.25) is 5.02 Å². The number of rotatable bonds is 6. The number of halogens is 1. The first-order chi connectivity index (χ1) is 17.8. The normalized spacial score (nSPS) is 20.2. The van der Waals surface area contributed by atoms with Gasteiger partial charge in [0.25, 0.3) is 0 Å². The summed E-state index contributed by atoms with van der Waals surface area (Å²) in [6.45, 7) is 8.32. The molecule has 0 saturated carbocycles. The Balaban J connectivity index is 1.67. The van der Waals surface area contributed by atoms with Crippen molar-refractivity contribution in [3.63, 3.8) is 0 Å². The van der Waals surface area contributed by atoms with E-state index in [4.69, 9.17) is 11.6 Å². The number of hydrogen-bond donors (Lipinski definition) is 1. The molecule has 1 saturated heterocycles. The Morgan fingerprint density at radius 2 is 1.57 bits per heavy atom. The van der Waals surface area contributed by atoms with E-state index in [0.29, 0.717) is 28.4 Å². The first kappa shape index (κ1) is 25.3. The highest BCUT2D eigenvalue weighted by atomic mass is 35.5. The molecule has 2 aliphatic rings. The van der Waals surface area contributed by atoms with Gasteiger partial charge < -0.3 is 20.0 Å². The van der Waals surface area contributed by atoms with Gasteiger partial charge in [-0.05, 0) is 56.3 Å². The maximum atomic E-state index is 14.5. The van der Waals surface area contributed by atoms with Gasteiger partial charge in [0.2, 0.25) is 5.91 Å². The summed E-state index contributed by atoms with van der Waals surface area (Å²) in [5.74, 6) is -0.421. The molecular weight excluding hydrogens is 484 g/mol. The van der Waals surface area contributed by atoms with Gasteiger partial charge in [0.1, 0.15) is 5.41 Å². The van der Waals surface area contributed by atoms with E-state index in [1.54, 1.807) is 17.9 Å². The molecule has 2 aliphatic heterocycles. The van der Waals surface area contributed by atoms with Crippen molar-refractivity contribution >= 4 is 40.4 Å². The minimum absolute atomic E-state index is 0.182. The van der Waals surface area contributed by atoms with Gasteiger partial charge in [-0.1, -0.05) is 54.1 Å². The van der Waals surface area contributed by atoms with E-state index in [-0.39, 0.29) is 11.7 Å². The number of anilines is 3. The Hall–Kier alpha value is -3.35. The standard InChI is InChI=1S/C30H33ClN4O2/c1-4-32-24-12-10-22(11-13-24)30(2)28(36)27-25(34-16-14-33(3)15-17-34)18-23(31)19-26(27)35(29(30)37)20-21-8-6-5-7-9-21/h5-13,18-19,32H,4,14-17,20H2,1-3H3. The van der Waals surface area contributed by atoms with E-state index < -0.39 is 5.41 Å². The lowest BCUT2D eigenvalue weighted by atomic mass is 9.71. The number of fused-ring (bicyclic) bond motifs is 1. The van der Waals surface area contributed by atoms with Crippen LogP contribution in [0, 0.1) is 0 Å². The molecule has 1 unspecified atom stereocenters. The van der Waals surface area contributed by atoms with E-state index in [0.717, 1.165) is 49.7 Å². The van der Waals surface area contributed by atoms with Crippen molar-refractivity contribution < 1.29 is 9.59 Å². The van der Waals surface area contributed by atoms with Gasteiger partial charge in [0.15, 0.2) is 5.78 Å². The second kappa shape index (κ2) is 10.2. The van der Waals surface area contributed by atoms with E-state index in [1.165, 1.54) is 0 Å². The number of amides is 1. The molecular formula is C30H33ClN4O2. The highest BCUT2D eigenvalue weighted by Gasteiger charge is 2.52. The molecule has 192 valence electrons. The van der Waals surface area contributed by atoms with Gasteiger partial charge in [-0.15, -0.1) is 0 Å². The number of Topliss-reactive ketones (excluding diaryl/α,β-unsaturated/α-hetero) is 1. The molecule has 0 aromatic heterocycles. The van der Waals surface area contributed by atoms with Crippen LogP contribution in [0.3, 0.4) is 0 Å². The quantitative estimate of drug-likeness (QED) is 0.456. The summed E-state index contributed by atoms with van der Waals surface area (Å²) >= 11 is 6.64. The van der Waals surface area contributed by atoms with Crippen LogP contribution in [0.5, 0.6) is 0 Å². The third-order valence-corrected chi connectivity index (χ3v) is 7.80. The summed E-state index contributed by atoms with van der Waals surface area (Å²) in [4.78, 5) is 35.0. The summed E-state index contributed by atoms with van der Waals surface area (Å²) in [5.41, 5.74) is 3.24. The Kier molecular flexibility index (Phi) is 6.97. The molecule has 0 bridgehead atoms. The van der Waals surface area contributed by atoms with Crippen LogP contribution in [0.4, 0.5) is 17.1 Å². The fourth-order valence-electron chi connectivity index (χ4n) is 5.35. The number of carbonyl (C=O) groups excluding carboxylic acids is 2. The Labute approximate surface area is 223 Å². The third kappa shape index (κ3) is 4.60. The highest BCUT2D eigenvalue weighted by Crippen LogP contribution is 2.46. The number of nitrogens with one attached hydrogen (secondary N) is 1. The maximum Gasteiger partial charge on any atom is 0.245 e. The smallest absolute Gasteiger partial charge is 0.245 e. The van der Waals surface area contributed by atoms with Crippen molar-refractivity contribution in [3.8, 4) is 0 Å².